The van der Waals surface area contributed by atoms with Crippen molar-refractivity contribution in [3.05, 3.63) is 28.3 Å². The number of carbonyl (C=O) groups excluding carboxylic acids is 1. The van der Waals surface area contributed by atoms with Gasteiger partial charge >= 0.3 is 0 Å². The van der Waals surface area contributed by atoms with E-state index >= 15 is 0 Å². The number of nitrogens with zero attached hydrogens (tertiary/aromatic N) is 1. The number of ether oxygens (including phenoxy) is 1. The van der Waals surface area contributed by atoms with E-state index < -0.39 is 4.92 Å². The summed E-state index contributed by atoms with van der Waals surface area (Å²) in [4.78, 5) is 22.6. The molecule has 1 saturated carbocycles. The molecular weight excluding hydrogens is 262 g/mol. The van der Waals surface area contributed by atoms with Gasteiger partial charge in [-0.3, -0.25) is 14.9 Å². The Balaban J connectivity index is 2.20. The Morgan fingerprint density at radius 3 is 2.80 bits per heavy atom. The van der Waals surface area contributed by atoms with Gasteiger partial charge in [-0.15, -0.1) is 0 Å². The first-order valence-corrected chi connectivity index (χ1v) is 6.42. The number of anilines is 1. The van der Waals surface area contributed by atoms with Crippen LogP contribution in [-0.2, 0) is 4.79 Å². The summed E-state index contributed by atoms with van der Waals surface area (Å²) in [5.41, 5.74) is 5.84. The van der Waals surface area contributed by atoms with Gasteiger partial charge in [-0.2, -0.15) is 0 Å². The van der Waals surface area contributed by atoms with Crippen LogP contribution in [0.3, 0.4) is 0 Å². The molecule has 3 N–H and O–H groups in total. The highest BCUT2D eigenvalue weighted by atomic mass is 16.6. The third kappa shape index (κ3) is 2.88. The van der Waals surface area contributed by atoms with Gasteiger partial charge in [-0.1, -0.05) is 6.42 Å². The number of hydrogen-bond donors (Lipinski definition) is 2. The lowest BCUT2D eigenvalue weighted by atomic mass is 10.0. The summed E-state index contributed by atoms with van der Waals surface area (Å²) in [6, 6.07) is 4.14. The number of amides is 1. The summed E-state index contributed by atoms with van der Waals surface area (Å²) in [5, 5.41) is 13.6. The molecule has 20 heavy (non-hydrogen) atoms. The van der Waals surface area contributed by atoms with E-state index in [0.717, 1.165) is 19.3 Å². The van der Waals surface area contributed by atoms with Crippen molar-refractivity contribution in [2.45, 2.75) is 25.3 Å². The lowest BCUT2D eigenvalue weighted by Crippen LogP contribution is -2.34. The molecule has 0 aromatic heterocycles. The van der Waals surface area contributed by atoms with Crippen LogP contribution in [0, 0.1) is 16.0 Å². The molecule has 0 bridgehead atoms. The van der Waals surface area contributed by atoms with Crippen LogP contribution in [0.2, 0.25) is 0 Å². The number of carbonyl (C=O) groups is 1. The molecule has 1 aliphatic carbocycles. The zero-order chi connectivity index (χ0) is 14.7. The molecule has 0 spiro atoms. The van der Waals surface area contributed by atoms with E-state index in [2.05, 4.69) is 5.32 Å². The second-order valence-corrected chi connectivity index (χ2v) is 4.83. The minimum Gasteiger partial charge on any atom is -0.496 e. The smallest absolute Gasteiger partial charge is 0.296 e. The molecule has 108 valence electrons. The number of nitrogens with two attached hydrogens (primary N) is 1. The zero-order valence-electron chi connectivity index (χ0n) is 11.2. The van der Waals surface area contributed by atoms with Crippen molar-refractivity contribution >= 4 is 17.3 Å². The van der Waals surface area contributed by atoms with Crippen molar-refractivity contribution in [3.63, 3.8) is 0 Å². The number of nitrogens with one attached hydrogen (secondary N) is 1. The first kappa shape index (κ1) is 14.3. The minimum absolute atomic E-state index is 0.167. The van der Waals surface area contributed by atoms with E-state index in [0.29, 0.717) is 5.75 Å². The third-order valence-electron chi connectivity index (χ3n) is 3.57. The number of methoxy groups -OCH3 is 1. The Morgan fingerprint density at radius 1 is 1.50 bits per heavy atom. The second-order valence-electron chi connectivity index (χ2n) is 4.83. The summed E-state index contributed by atoms with van der Waals surface area (Å²) in [7, 11) is 1.43. The number of rotatable bonds is 4. The molecule has 0 saturated heterocycles. The molecule has 7 nitrogen and oxygen atoms in total. The Kier molecular flexibility index (Phi) is 4.19. The maximum absolute atomic E-state index is 12.1. The largest absolute Gasteiger partial charge is 0.496 e. The van der Waals surface area contributed by atoms with Gasteiger partial charge in [0.15, 0.2) is 0 Å². The fourth-order valence-corrected chi connectivity index (χ4v) is 2.43. The number of benzene rings is 1. The van der Waals surface area contributed by atoms with Gasteiger partial charge in [0.25, 0.3) is 5.69 Å². The predicted molar refractivity (Wildman–Crippen MR) is 73.6 cm³/mol. The van der Waals surface area contributed by atoms with Crippen LogP contribution in [0.25, 0.3) is 0 Å². The van der Waals surface area contributed by atoms with E-state index in [-0.39, 0.29) is 29.2 Å². The molecule has 0 radical (unpaired) electrons. The highest BCUT2D eigenvalue weighted by Crippen LogP contribution is 2.31. The van der Waals surface area contributed by atoms with Gasteiger partial charge in [0.2, 0.25) is 5.91 Å². The van der Waals surface area contributed by atoms with Gasteiger partial charge in [0, 0.05) is 6.04 Å². The molecule has 1 fully saturated rings. The quantitative estimate of drug-likeness (QED) is 0.644. The van der Waals surface area contributed by atoms with E-state index in [1.807, 2.05) is 0 Å². The highest BCUT2D eigenvalue weighted by molar-refractivity contribution is 5.95. The molecule has 7 heteroatoms. The molecule has 0 aliphatic heterocycles. The van der Waals surface area contributed by atoms with E-state index in [1.54, 1.807) is 6.07 Å². The van der Waals surface area contributed by atoms with Crippen LogP contribution in [0.1, 0.15) is 19.3 Å². The minimum atomic E-state index is -0.549. The summed E-state index contributed by atoms with van der Waals surface area (Å²) in [6.07, 6.45) is 2.43. The molecule has 1 aromatic carbocycles. The van der Waals surface area contributed by atoms with Crippen LogP contribution in [0.15, 0.2) is 18.2 Å². The Morgan fingerprint density at radius 2 is 2.25 bits per heavy atom. The molecule has 0 heterocycles. The van der Waals surface area contributed by atoms with Gasteiger partial charge in [-0.05, 0) is 25.0 Å². The topological polar surface area (TPSA) is 107 Å². The molecular formula is C13H17N3O4. The fraction of sp³-hybridized carbons (Fsp3) is 0.462. The van der Waals surface area contributed by atoms with E-state index in [4.69, 9.17) is 10.5 Å². The molecule has 1 aromatic rings. The van der Waals surface area contributed by atoms with Gasteiger partial charge in [-0.25, -0.2) is 0 Å². The van der Waals surface area contributed by atoms with Crippen LogP contribution < -0.4 is 15.8 Å². The number of hydrogen-bond acceptors (Lipinski definition) is 5. The van der Waals surface area contributed by atoms with Crippen molar-refractivity contribution in [1.29, 1.82) is 0 Å². The third-order valence-corrected chi connectivity index (χ3v) is 3.57. The number of nitro benzene ring substituents is 1. The Bertz CT molecular complexity index is 532. The van der Waals surface area contributed by atoms with Crippen LogP contribution in [0.4, 0.5) is 11.4 Å². The second kappa shape index (κ2) is 5.87. The lowest BCUT2D eigenvalue weighted by molar-refractivity contribution is -0.384. The van der Waals surface area contributed by atoms with Crippen molar-refractivity contribution in [3.8, 4) is 5.75 Å². The average molecular weight is 279 g/mol. The molecule has 1 aliphatic rings. The first-order chi connectivity index (χ1) is 9.52. The molecule has 1 amide bonds. The van der Waals surface area contributed by atoms with Gasteiger partial charge in [0.05, 0.1) is 24.0 Å². The van der Waals surface area contributed by atoms with E-state index in [9.17, 15) is 14.9 Å². The maximum Gasteiger partial charge on any atom is 0.296 e. The van der Waals surface area contributed by atoms with Crippen LogP contribution >= 0.6 is 0 Å². The van der Waals surface area contributed by atoms with Crippen molar-refractivity contribution in [2.75, 3.05) is 12.4 Å². The van der Waals surface area contributed by atoms with Crippen molar-refractivity contribution in [2.24, 2.45) is 11.7 Å². The first-order valence-electron chi connectivity index (χ1n) is 6.42. The normalized spacial score (nSPS) is 21.5. The van der Waals surface area contributed by atoms with Gasteiger partial charge in [0.1, 0.15) is 11.4 Å². The zero-order valence-corrected chi connectivity index (χ0v) is 11.2. The highest BCUT2D eigenvalue weighted by Gasteiger charge is 2.31. The SMILES string of the molecule is COc1ccc(NC(=O)C2CCCC2N)c([N+](=O)[O-])c1. The van der Waals surface area contributed by atoms with E-state index in [1.165, 1.54) is 19.2 Å². The van der Waals surface area contributed by atoms with Crippen LogP contribution in [0.5, 0.6) is 5.75 Å². The summed E-state index contributed by atoms with van der Waals surface area (Å²) >= 11 is 0. The number of nitro groups is 1. The maximum atomic E-state index is 12.1. The van der Waals surface area contributed by atoms with Gasteiger partial charge < -0.3 is 15.8 Å². The summed E-state index contributed by atoms with van der Waals surface area (Å²) in [5.74, 6) is -0.174. The Labute approximate surface area is 116 Å². The predicted octanol–water partition coefficient (Wildman–Crippen LogP) is 1.67. The summed E-state index contributed by atoms with van der Waals surface area (Å²) in [6.45, 7) is 0. The standard InChI is InChI=1S/C13H17N3O4/c1-20-8-5-6-11(12(7-8)16(18)19)15-13(17)9-3-2-4-10(9)14/h5-7,9-10H,2-4,14H2,1H3,(H,15,17). The Hall–Kier alpha value is -2.15. The molecule has 2 atom stereocenters. The molecule has 2 unspecified atom stereocenters. The fourth-order valence-electron chi connectivity index (χ4n) is 2.43. The average Bonchev–Trinajstić information content (AvgIpc) is 2.85. The molecule has 2 rings (SSSR count). The lowest BCUT2D eigenvalue weighted by Gasteiger charge is -2.15. The van der Waals surface area contributed by atoms with Crippen molar-refractivity contribution < 1.29 is 14.5 Å². The summed E-state index contributed by atoms with van der Waals surface area (Å²) < 4.78 is 4.94. The monoisotopic (exact) mass is 279 g/mol. The van der Waals surface area contributed by atoms with Crippen LogP contribution in [-0.4, -0.2) is 24.0 Å². The van der Waals surface area contributed by atoms with Crippen molar-refractivity contribution in [1.82, 2.24) is 0 Å².